The molecule has 0 aliphatic heterocycles. The largest absolute Gasteiger partial charge is 0.495 e. The summed E-state index contributed by atoms with van der Waals surface area (Å²) in [4.78, 5) is 12.4. The number of carbonyl (C=O) groups excluding carboxylic acids is 1. The Bertz CT molecular complexity index is 1000. The Morgan fingerprint density at radius 2 is 1.83 bits per heavy atom. The number of carbonyl (C=O) groups is 1. The van der Waals surface area contributed by atoms with Gasteiger partial charge in [-0.15, -0.1) is 0 Å². The molecule has 3 rings (SSSR count). The molecule has 0 unspecified atom stereocenters. The molecule has 2 aromatic carbocycles. The number of hydrogen-bond acceptors (Lipinski definition) is 5. The summed E-state index contributed by atoms with van der Waals surface area (Å²) in [6.45, 7) is 4.17. The molecule has 2 N–H and O–H groups in total. The fraction of sp³-hybridized carbons (Fsp3) is 0.381. The Hall–Kier alpha value is -2.58. The molecule has 1 saturated carbocycles. The molecule has 0 heterocycles. The smallest absolute Gasteiger partial charge is 0.240 e. The molecule has 1 aliphatic carbocycles. The summed E-state index contributed by atoms with van der Waals surface area (Å²) < 4.78 is 38.4. The molecule has 156 valence electrons. The van der Waals surface area contributed by atoms with E-state index in [1.54, 1.807) is 0 Å². The number of hydrogen-bond donors (Lipinski definition) is 2. The number of rotatable bonds is 9. The second-order valence-electron chi connectivity index (χ2n) is 7.17. The van der Waals surface area contributed by atoms with Gasteiger partial charge in [0.2, 0.25) is 15.9 Å². The van der Waals surface area contributed by atoms with E-state index in [-0.39, 0.29) is 29.9 Å². The van der Waals surface area contributed by atoms with Gasteiger partial charge in [0.25, 0.3) is 0 Å². The lowest BCUT2D eigenvalue weighted by Gasteiger charge is -2.13. The first-order valence-corrected chi connectivity index (χ1v) is 11.0. The summed E-state index contributed by atoms with van der Waals surface area (Å²) >= 11 is 0. The van der Waals surface area contributed by atoms with Crippen molar-refractivity contribution in [1.82, 2.24) is 4.72 Å². The van der Waals surface area contributed by atoms with Crippen molar-refractivity contribution >= 4 is 21.6 Å². The third-order valence-corrected chi connectivity index (χ3v) is 6.09. The molecule has 0 aromatic heterocycles. The second kappa shape index (κ2) is 8.84. The van der Waals surface area contributed by atoms with Crippen molar-refractivity contribution in [3.63, 3.8) is 0 Å². The monoisotopic (exact) mass is 418 g/mol. The van der Waals surface area contributed by atoms with Crippen LogP contribution >= 0.6 is 0 Å². The Balaban J connectivity index is 1.63. The molecule has 1 aliphatic rings. The third kappa shape index (κ3) is 5.71. The molecular formula is C21H26N2O5S. The quantitative estimate of drug-likeness (QED) is 0.652. The highest BCUT2D eigenvalue weighted by Gasteiger charge is 2.28. The van der Waals surface area contributed by atoms with E-state index in [2.05, 4.69) is 10.0 Å². The average Bonchev–Trinajstić information content (AvgIpc) is 3.46. The standard InChI is InChI=1S/C21H26N2O5S/c1-14-4-8-19(15(2)12-14)28-11-10-21(24)22-18-13-17(7-9-20(18)27-3)29(25,26)23-16-5-6-16/h4,7-9,12-13,16,23H,5-6,10-11H2,1-3H3,(H,22,24). The summed E-state index contributed by atoms with van der Waals surface area (Å²) in [7, 11) is -2.16. The predicted molar refractivity (Wildman–Crippen MR) is 111 cm³/mol. The van der Waals surface area contributed by atoms with Crippen molar-refractivity contribution in [2.24, 2.45) is 0 Å². The molecule has 0 spiro atoms. The fourth-order valence-electron chi connectivity index (χ4n) is 2.87. The van der Waals surface area contributed by atoms with Crippen molar-refractivity contribution in [3.05, 3.63) is 47.5 Å². The minimum Gasteiger partial charge on any atom is -0.495 e. The molecule has 1 fully saturated rings. The van der Waals surface area contributed by atoms with Crippen LogP contribution < -0.4 is 19.5 Å². The number of sulfonamides is 1. The predicted octanol–water partition coefficient (Wildman–Crippen LogP) is 3.16. The van der Waals surface area contributed by atoms with Gasteiger partial charge in [0.15, 0.2) is 0 Å². The first kappa shape index (κ1) is 21.1. The van der Waals surface area contributed by atoms with Crippen molar-refractivity contribution in [1.29, 1.82) is 0 Å². The van der Waals surface area contributed by atoms with E-state index in [1.807, 2.05) is 32.0 Å². The van der Waals surface area contributed by atoms with Gasteiger partial charge in [0.1, 0.15) is 11.5 Å². The van der Waals surface area contributed by atoms with Gasteiger partial charge < -0.3 is 14.8 Å². The minimum atomic E-state index is -3.62. The highest BCUT2D eigenvalue weighted by molar-refractivity contribution is 7.89. The number of amides is 1. The lowest BCUT2D eigenvalue weighted by atomic mass is 10.1. The zero-order valence-electron chi connectivity index (χ0n) is 16.8. The number of aryl methyl sites for hydroxylation is 2. The number of ether oxygens (including phenoxy) is 2. The maximum absolute atomic E-state index is 12.4. The van der Waals surface area contributed by atoms with E-state index in [4.69, 9.17) is 9.47 Å². The lowest BCUT2D eigenvalue weighted by molar-refractivity contribution is -0.116. The number of nitrogens with one attached hydrogen (secondary N) is 2. The van der Waals surface area contributed by atoms with E-state index >= 15 is 0 Å². The van der Waals surface area contributed by atoms with Crippen LogP contribution in [0.1, 0.15) is 30.4 Å². The Morgan fingerprint density at radius 1 is 1.10 bits per heavy atom. The van der Waals surface area contributed by atoms with Crippen molar-refractivity contribution in [2.45, 2.75) is 44.0 Å². The average molecular weight is 419 g/mol. The topological polar surface area (TPSA) is 93.7 Å². The van der Waals surface area contributed by atoms with Gasteiger partial charge in [-0.1, -0.05) is 17.7 Å². The van der Waals surface area contributed by atoms with Gasteiger partial charge in [-0.25, -0.2) is 13.1 Å². The van der Waals surface area contributed by atoms with Crippen molar-refractivity contribution in [2.75, 3.05) is 19.0 Å². The number of anilines is 1. The van der Waals surface area contributed by atoms with Crippen LogP contribution in [0.15, 0.2) is 41.3 Å². The van der Waals surface area contributed by atoms with E-state index in [1.165, 1.54) is 25.3 Å². The number of methoxy groups -OCH3 is 1. The SMILES string of the molecule is COc1ccc(S(=O)(=O)NC2CC2)cc1NC(=O)CCOc1ccc(C)cc1C. The van der Waals surface area contributed by atoms with E-state index in [0.717, 1.165) is 29.7 Å². The zero-order chi connectivity index (χ0) is 21.0. The first-order valence-electron chi connectivity index (χ1n) is 9.49. The molecule has 2 aromatic rings. The molecule has 0 radical (unpaired) electrons. The van der Waals surface area contributed by atoms with Gasteiger partial charge >= 0.3 is 0 Å². The van der Waals surface area contributed by atoms with Crippen LogP contribution in [-0.2, 0) is 14.8 Å². The lowest BCUT2D eigenvalue weighted by Crippen LogP contribution is -2.26. The Morgan fingerprint density at radius 3 is 2.48 bits per heavy atom. The highest BCUT2D eigenvalue weighted by Crippen LogP contribution is 2.29. The van der Waals surface area contributed by atoms with Gasteiger partial charge in [0, 0.05) is 6.04 Å². The van der Waals surface area contributed by atoms with Crippen LogP contribution in [0.5, 0.6) is 11.5 Å². The summed E-state index contributed by atoms with van der Waals surface area (Å²) in [5.74, 6) is 0.831. The molecule has 0 bridgehead atoms. The molecule has 0 saturated heterocycles. The van der Waals surface area contributed by atoms with Crippen molar-refractivity contribution in [3.8, 4) is 11.5 Å². The van der Waals surface area contributed by atoms with Gasteiger partial charge in [0.05, 0.1) is 30.7 Å². The minimum absolute atomic E-state index is 0.00234. The Kier molecular flexibility index (Phi) is 6.44. The molecule has 29 heavy (non-hydrogen) atoms. The van der Waals surface area contributed by atoms with E-state index < -0.39 is 10.0 Å². The van der Waals surface area contributed by atoms with Crippen LogP contribution in [0.3, 0.4) is 0 Å². The summed E-state index contributed by atoms with van der Waals surface area (Å²) in [6, 6.07) is 10.3. The molecule has 0 atom stereocenters. The summed E-state index contributed by atoms with van der Waals surface area (Å²) in [5, 5.41) is 2.72. The van der Waals surface area contributed by atoms with Gasteiger partial charge in [-0.2, -0.15) is 0 Å². The maximum Gasteiger partial charge on any atom is 0.240 e. The van der Waals surface area contributed by atoms with Crippen molar-refractivity contribution < 1.29 is 22.7 Å². The van der Waals surface area contributed by atoms with Crippen LogP contribution in [-0.4, -0.2) is 34.1 Å². The maximum atomic E-state index is 12.4. The molecular weight excluding hydrogens is 392 g/mol. The fourth-order valence-corrected chi connectivity index (χ4v) is 4.20. The van der Waals surface area contributed by atoms with Gasteiger partial charge in [-0.3, -0.25) is 4.79 Å². The van der Waals surface area contributed by atoms with E-state index in [0.29, 0.717) is 11.4 Å². The van der Waals surface area contributed by atoms with Crippen LogP contribution in [0.4, 0.5) is 5.69 Å². The van der Waals surface area contributed by atoms with Crippen LogP contribution in [0.25, 0.3) is 0 Å². The molecule has 8 heteroatoms. The highest BCUT2D eigenvalue weighted by atomic mass is 32.2. The number of benzene rings is 2. The van der Waals surface area contributed by atoms with Gasteiger partial charge in [-0.05, 0) is 56.5 Å². The third-order valence-electron chi connectivity index (χ3n) is 4.57. The van der Waals surface area contributed by atoms with Crippen LogP contribution in [0, 0.1) is 13.8 Å². The zero-order valence-corrected chi connectivity index (χ0v) is 17.6. The summed E-state index contributed by atoms with van der Waals surface area (Å²) in [6.07, 6.45) is 1.81. The summed E-state index contributed by atoms with van der Waals surface area (Å²) in [5.41, 5.74) is 2.46. The van der Waals surface area contributed by atoms with E-state index in [9.17, 15) is 13.2 Å². The second-order valence-corrected chi connectivity index (χ2v) is 8.89. The molecule has 1 amide bonds. The normalized spacial score (nSPS) is 13.8. The molecule has 7 nitrogen and oxygen atoms in total. The first-order chi connectivity index (χ1) is 13.8. The van der Waals surface area contributed by atoms with Crippen LogP contribution in [0.2, 0.25) is 0 Å². The Labute approximate surface area is 171 Å².